The highest BCUT2D eigenvalue weighted by Crippen LogP contribution is 2.67. The molecule has 2 heterocycles. The average molecular weight is 905 g/mol. The second-order valence-corrected chi connectivity index (χ2v) is 20.0. The Bertz CT molecular complexity index is 2410. The fourth-order valence-electron chi connectivity index (χ4n) is 6.19. The van der Waals surface area contributed by atoms with Gasteiger partial charge in [0.2, 0.25) is 0 Å². The molecule has 14 heteroatoms. The van der Waals surface area contributed by atoms with Gasteiger partial charge in [-0.05, 0) is 92.9 Å². The van der Waals surface area contributed by atoms with E-state index < -0.39 is 25.2 Å². The summed E-state index contributed by atoms with van der Waals surface area (Å²) in [6, 6.07) is 40.7. The van der Waals surface area contributed by atoms with Crippen molar-refractivity contribution in [3.05, 3.63) is 145 Å². The van der Waals surface area contributed by atoms with Crippen molar-refractivity contribution in [1.29, 1.82) is 0 Å². The summed E-state index contributed by atoms with van der Waals surface area (Å²) in [6.07, 6.45) is 0. The molecule has 0 saturated heterocycles. The molecule has 0 saturated carbocycles. The van der Waals surface area contributed by atoms with Crippen LogP contribution in [0.4, 0.5) is 0 Å². The maximum Gasteiger partial charge on any atom is 0.372 e. The highest BCUT2D eigenvalue weighted by atomic mass is 127. The van der Waals surface area contributed by atoms with E-state index in [-0.39, 0.29) is 23.0 Å². The molecule has 56 heavy (non-hydrogen) atoms. The van der Waals surface area contributed by atoms with Crippen molar-refractivity contribution >= 4 is 53.1 Å². The van der Waals surface area contributed by atoms with E-state index in [9.17, 15) is 24.4 Å². The van der Waals surface area contributed by atoms with E-state index in [0.717, 1.165) is 27.6 Å². The number of para-hydroxylation sites is 4. The van der Waals surface area contributed by atoms with Gasteiger partial charge in [-0.25, -0.2) is 0 Å². The SMILES string of the molecule is CC(C)(O)P1(=O)Oc2ccccc2-c2ccccc21.CC(C)(c1ccc(O)c(O)c1)P1(=O)Oc2ccccc2-c2ccccc21.O[B]I.Oc1ccccc1O. The van der Waals surface area contributed by atoms with Gasteiger partial charge in [-0.1, -0.05) is 91.0 Å². The monoisotopic (exact) mass is 905 g/mol. The summed E-state index contributed by atoms with van der Waals surface area (Å²) < 4.78 is 39.3. The van der Waals surface area contributed by atoms with Gasteiger partial charge in [0.05, 0.1) is 15.8 Å². The summed E-state index contributed by atoms with van der Waals surface area (Å²) in [5.41, 5.74) is 4.22. The van der Waals surface area contributed by atoms with Gasteiger partial charge >= 0.3 is 12.7 Å². The summed E-state index contributed by atoms with van der Waals surface area (Å²) >= 11 is 1.72. The molecule has 10 nitrogen and oxygen atoms in total. The van der Waals surface area contributed by atoms with Crippen molar-refractivity contribution < 1.29 is 48.7 Å². The minimum atomic E-state index is -3.39. The minimum absolute atomic E-state index is 0.0764. The van der Waals surface area contributed by atoms with Crippen LogP contribution in [0, 0.1) is 0 Å². The number of fused-ring (bicyclic) bond motifs is 6. The van der Waals surface area contributed by atoms with Crippen LogP contribution in [-0.2, 0) is 14.3 Å². The molecule has 6 aromatic rings. The zero-order valence-electron chi connectivity index (χ0n) is 30.9. The van der Waals surface area contributed by atoms with Gasteiger partial charge in [-0.2, -0.15) is 0 Å². The molecule has 289 valence electrons. The van der Waals surface area contributed by atoms with Crippen molar-refractivity contribution in [3.8, 4) is 56.8 Å². The maximum absolute atomic E-state index is 14.3. The lowest BCUT2D eigenvalue weighted by molar-refractivity contribution is 0.152. The van der Waals surface area contributed by atoms with Crippen molar-refractivity contribution in [3.63, 3.8) is 0 Å². The summed E-state index contributed by atoms with van der Waals surface area (Å²) in [5, 5.41) is 54.5. The molecule has 8 rings (SSSR count). The molecule has 2 aliphatic rings. The second kappa shape index (κ2) is 17.2. The number of hydrogen-bond acceptors (Lipinski definition) is 10. The van der Waals surface area contributed by atoms with Gasteiger partial charge in [0, 0.05) is 11.1 Å². The van der Waals surface area contributed by atoms with E-state index in [1.807, 2.05) is 98.8 Å². The number of halogens is 1. The molecule has 0 aromatic heterocycles. The predicted molar refractivity (Wildman–Crippen MR) is 230 cm³/mol. The zero-order valence-corrected chi connectivity index (χ0v) is 34.9. The number of phenols is 4. The largest absolute Gasteiger partial charge is 0.504 e. The molecule has 0 bridgehead atoms. The number of benzene rings is 6. The van der Waals surface area contributed by atoms with Gasteiger partial charge in [0.25, 0.3) is 7.37 Å². The van der Waals surface area contributed by atoms with Crippen LogP contribution in [0.15, 0.2) is 140 Å². The predicted octanol–water partition coefficient (Wildman–Crippen LogP) is 9.42. The van der Waals surface area contributed by atoms with E-state index in [1.165, 1.54) is 38.1 Å². The number of phenolic OH excluding ortho intramolecular Hbond substituents is 4. The topological polar surface area (TPSA) is 174 Å². The van der Waals surface area contributed by atoms with Crippen LogP contribution in [0.1, 0.15) is 33.3 Å². The highest BCUT2D eigenvalue weighted by Gasteiger charge is 2.50. The van der Waals surface area contributed by atoms with Crippen LogP contribution in [0.3, 0.4) is 0 Å². The molecule has 0 aliphatic carbocycles. The fourth-order valence-corrected chi connectivity index (χ4v) is 11.0. The van der Waals surface area contributed by atoms with Crippen molar-refractivity contribution in [1.82, 2.24) is 0 Å². The third-order valence-corrected chi connectivity index (χ3v) is 15.4. The maximum atomic E-state index is 14.3. The van der Waals surface area contributed by atoms with Crippen LogP contribution in [0.2, 0.25) is 0 Å². The van der Waals surface area contributed by atoms with Gasteiger partial charge in [0.1, 0.15) is 16.8 Å². The third kappa shape index (κ3) is 8.36. The molecular weight excluding hydrogens is 864 g/mol. The lowest BCUT2D eigenvalue weighted by Crippen LogP contribution is -2.32. The van der Waals surface area contributed by atoms with E-state index in [1.54, 1.807) is 52.7 Å². The summed E-state index contributed by atoms with van der Waals surface area (Å²) in [5.74, 6) is 0.545. The molecular formula is C42H41BIO10P2. The molecule has 0 amide bonds. The Labute approximate surface area is 340 Å². The minimum Gasteiger partial charge on any atom is -0.504 e. The standard InChI is InChI=1S/C21H19O4P.C15H15O3P.C6H6O2.BHIO/c1-21(2,14-11-12-17(22)18(23)13-14)26(24)20-10-6-4-8-16(20)15-7-3-5-9-19(15)25-26;1-15(2,16)19(17)14-10-6-4-8-12(14)11-7-3-5-9-13(11)18-19;7-5-3-1-2-4-6(5)8;2-1-3/h3-13,22-23H,1-2H3;3-10,16H,1-2H3;1-4,7-8H;3H. The lowest BCUT2D eigenvalue weighted by Gasteiger charge is -2.39. The number of aliphatic hydroxyl groups is 1. The fraction of sp³-hybridized carbons (Fsp3) is 0.143. The van der Waals surface area contributed by atoms with Crippen LogP contribution in [-0.4, -0.2) is 41.2 Å². The van der Waals surface area contributed by atoms with E-state index in [4.69, 9.17) is 24.3 Å². The Kier molecular flexibility index (Phi) is 13.0. The van der Waals surface area contributed by atoms with Crippen LogP contribution in [0.25, 0.3) is 22.3 Å². The highest BCUT2D eigenvalue weighted by molar-refractivity contribution is 14.1. The van der Waals surface area contributed by atoms with Crippen LogP contribution >= 0.6 is 37.1 Å². The molecule has 2 unspecified atom stereocenters. The summed E-state index contributed by atoms with van der Waals surface area (Å²) in [4.78, 5) is 0. The van der Waals surface area contributed by atoms with Gasteiger partial charge in [-0.3, -0.25) is 9.13 Å². The Morgan fingerprint density at radius 2 is 0.875 bits per heavy atom. The number of hydrogen-bond donors (Lipinski definition) is 6. The first-order valence-corrected chi connectivity index (χ1v) is 21.7. The van der Waals surface area contributed by atoms with Gasteiger partial charge in [0.15, 0.2) is 23.0 Å². The van der Waals surface area contributed by atoms with Crippen molar-refractivity contribution in [2.45, 2.75) is 38.2 Å². The number of rotatable bonds is 3. The molecule has 6 N–H and O–H groups in total. The molecule has 1 radical (unpaired) electrons. The Morgan fingerprint density at radius 3 is 1.30 bits per heavy atom. The second-order valence-electron chi connectivity index (χ2n) is 13.7. The van der Waals surface area contributed by atoms with Crippen LogP contribution < -0.4 is 19.7 Å². The molecule has 0 spiro atoms. The molecule has 2 atom stereocenters. The normalized spacial score (nSPS) is 17.3. The Balaban J connectivity index is 0.000000174. The quantitative estimate of drug-likeness (QED) is 0.0435. The Hall–Kier alpha value is -4.71. The molecule has 6 aromatic carbocycles. The molecule has 2 aliphatic heterocycles. The van der Waals surface area contributed by atoms with E-state index >= 15 is 0 Å². The first kappa shape index (κ1) is 42.4. The number of aromatic hydroxyl groups is 4. The van der Waals surface area contributed by atoms with Gasteiger partial charge < -0.3 is 39.6 Å². The summed E-state index contributed by atoms with van der Waals surface area (Å²) in [6.45, 7) is 6.73. The Morgan fingerprint density at radius 1 is 0.518 bits per heavy atom. The first-order chi connectivity index (χ1) is 26.5. The molecule has 0 fully saturated rings. The van der Waals surface area contributed by atoms with Crippen molar-refractivity contribution in [2.75, 3.05) is 0 Å². The van der Waals surface area contributed by atoms with E-state index in [0.29, 0.717) is 27.7 Å². The first-order valence-electron chi connectivity index (χ1n) is 17.3. The van der Waals surface area contributed by atoms with Gasteiger partial charge in [-0.15, -0.1) is 22.4 Å². The van der Waals surface area contributed by atoms with Crippen molar-refractivity contribution in [2.24, 2.45) is 0 Å². The third-order valence-electron chi connectivity index (χ3n) is 9.27. The zero-order chi connectivity index (χ0) is 40.9. The van der Waals surface area contributed by atoms with Crippen LogP contribution in [0.5, 0.6) is 34.5 Å². The van der Waals surface area contributed by atoms with E-state index in [2.05, 4.69) is 0 Å². The smallest absolute Gasteiger partial charge is 0.372 e. The summed E-state index contributed by atoms with van der Waals surface area (Å²) in [7, 11) is -6.75. The lowest BCUT2D eigenvalue weighted by atomic mass is 10.0. The average Bonchev–Trinajstić information content (AvgIpc) is 3.18.